The predicted octanol–water partition coefficient (Wildman–Crippen LogP) is 2.79. The van der Waals surface area contributed by atoms with Crippen LogP contribution in [0.1, 0.15) is 11.1 Å². The normalized spacial score (nSPS) is 12.1. The SMILES string of the molecule is COC(=O)[C@H](N)Cc1c[nH]c2cc(OCc3ccccc3)ccc12. The van der Waals surface area contributed by atoms with E-state index in [-0.39, 0.29) is 0 Å². The number of ether oxygens (including phenoxy) is 2. The summed E-state index contributed by atoms with van der Waals surface area (Å²) in [5.74, 6) is 0.379. The van der Waals surface area contributed by atoms with E-state index in [0.717, 1.165) is 27.8 Å². The maximum absolute atomic E-state index is 11.5. The number of aromatic nitrogens is 1. The first-order valence-electron chi connectivity index (χ1n) is 7.77. The van der Waals surface area contributed by atoms with Gasteiger partial charge < -0.3 is 20.2 Å². The zero-order valence-corrected chi connectivity index (χ0v) is 13.5. The van der Waals surface area contributed by atoms with Crippen LogP contribution in [-0.2, 0) is 22.6 Å². The van der Waals surface area contributed by atoms with E-state index in [1.165, 1.54) is 7.11 Å². The molecule has 124 valence electrons. The lowest BCUT2D eigenvalue weighted by molar-refractivity contribution is -0.142. The Labute approximate surface area is 140 Å². The molecular formula is C19H20N2O3. The molecule has 0 aliphatic carbocycles. The molecule has 0 aliphatic rings. The van der Waals surface area contributed by atoms with Crippen LogP contribution in [0.15, 0.2) is 54.7 Å². The van der Waals surface area contributed by atoms with E-state index in [4.69, 9.17) is 10.5 Å². The Kier molecular flexibility index (Phi) is 4.82. The quantitative estimate of drug-likeness (QED) is 0.684. The van der Waals surface area contributed by atoms with Crippen molar-refractivity contribution < 1.29 is 14.3 Å². The summed E-state index contributed by atoms with van der Waals surface area (Å²) >= 11 is 0. The molecule has 3 N–H and O–H groups in total. The Balaban J connectivity index is 1.72. The number of nitrogens with one attached hydrogen (secondary N) is 1. The van der Waals surface area contributed by atoms with E-state index in [1.54, 1.807) is 0 Å². The number of esters is 1. The maximum atomic E-state index is 11.5. The van der Waals surface area contributed by atoms with Crippen molar-refractivity contribution in [1.29, 1.82) is 0 Å². The second kappa shape index (κ2) is 7.19. The topological polar surface area (TPSA) is 77.3 Å². The van der Waals surface area contributed by atoms with Gasteiger partial charge in [0.05, 0.1) is 7.11 Å². The largest absolute Gasteiger partial charge is 0.489 e. The molecule has 3 aromatic rings. The third-order valence-corrected chi connectivity index (χ3v) is 3.93. The molecule has 1 atom stereocenters. The maximum Gasteiger partial charge on any atom is 0.322 e. The number of H-pyrrole nitrogens is 1. The number of nitrogens with two attached hydrogens (primary N) is 1. The van der Waals surface area contributed by atoms with Gasteiger partial charge in [-0.3, -0.25) is 4.79 Å². The number of fused-ring (bicyclic) bond motifs is 1. The highest BCUT2D eigenvalue weighted by atomic mass is 16.5. The van der Waals surface area contributed by atoms with Gasteiger partial charge in [0.1, 0.15) is 18.4 Å². The van der Waals surface area contributed by atoms with Crippen LogP contribution in [0.5, 0.6) is 5.75 Å². The molecule has 0 bridgehead atoms. The monoisotopic (exact) mass is 324 g/mol. The van der Waals surface area contributed by atoms with Crippen LogP contribution in [0.2, 0.25) is 0 Å². The summed E-state index contributed by atoms with van der Waals surface area (Å²) in [6.45, 7) is 0.521. The highest BCUT2D eigenvalue weighted by Gasteiger charge is 2.16. The van der Waals surface area contributed by atoms with Crippen molar-refractivity contribution in [3.63, 3.8) is 0 Å². The molecule has 0 spiro atoms. The number of benzene rings is 2. The zero-order chi connectivity index (χ0) is 16.9. The Hall–Kier alpha value is -2.79. The molecule has 0 unspecified atom stereocenters. The van der Waals surface area contributed by atoms with Crippen molar-refractivity contribution in [3.8, 4) is 5.75 Å². The lowest BCUT2D eigenvalue weighted by Gasteiger charge is -2.09. The third-order valence-electron chi connectivity index (χ3n) is 3.93. The van der Waals surface area contributed by atoms with E-state index >= 15 is 0 Å². The fourth-order valence-corrected chi connectivity index (χ4v) is 2.64. The van der Waals surface area contributed by atoms with E-state index in [0.29, 0.717) is 13.0 Å². The summed E-state index contributed by atoms with van der Waals surface area (Å²) in [6, 6.07) is 15.2. The van der Waals surface area contributed by atoms with E-state index in [1.807, 2.05) is 54.7 Å². The lowest BCUT2D eigenvalue weighted by atomic mass is 10.1. The van der Waals surface area contributed by atoms with Crippen LogP contribution >= 0.6 is 0 Å². The highest BCUT2D eigenvalue weighted by Crippen LogP contribution is 2.24. The van der Waals surface area contributed by atoms with E-state index in [9.17, 15) is 4.79 Å². The molecule has 0 radical (unpaired) electrons. The summed E-state index contributed by atoms with van der Waals surface area (Å²) in [5, 5.41) is 1.03. The average molecular weight is 324 g/mol. The van der Waals surface area contributed by atoms with Gasteiger partial charge >= 0.3 is 5.97 Å². The first-order valence-corrected chi connectivity index (χ1v) is 7.77. The second-order valence-electron chi connectivity index (χ2n) is 5.63. The van der Waals surface area contributed by atoms with Gasteiger partial charge in [0, 0.05) is 29.6 Å². The van der Waals surface area contributed by atoms with Gasteiger partial charge in [-0.15, -0.1) is 0 Å². The number of carbonyl (C=O) groups is 1. The van der Waals surface area contributed by atoms with Crippen molar-refractivity contribution in [3.05, 3.63) is 65.9 Å². The van der Waals surface area contributed by atoms with E-state index < -0.39 is 12.0 Å². The predicted molar refractivity (Wildman–Crippen MR) is 92.8 cm³/mol. The molecule has 1 aromatic heterocycles. The molecule has 3 rings (SSSR count). The fraction of sp³-hybridized carbons (Fsp3) is 0.211. The number of hydrogen-bond acceptors (Lipinski definition) is 4. The Morgan fingerprint density at radius 3 is 2.75 bits per heavy atom. The fourth-order valence-electron chi connectivity index (χ4n) is 2.64. The number of carbonyl (C=O) groups excluding carboxylic acids is 1. The van der Waals surface area contributed by atoms with Crippen molar-refractivity contribution >= 4 is 16.9 Å². The summed E-state index contributed by atoms with van der Waals surface area (Å²) in [6.07, 6.45) is 2.30. The Bertz CT molecular complexity index is 827. The molecule has 0 aliphatic heterocycles. The van der Waals surface area contributed by atoms with Crippen molar-refractivity contribution in [2.45, 2.75) is 19.1 Å². The van der Waals surface area contributed by atoms with Crippen LogP contribution in [-0.4, -0.2) is 24.1 Å². The van der Waals surface area contributed by atoms with Gasteiger partial charge in [-0.2, -0.15) is 0 Å². The molecule has 0 saturated carbocycles. The summed E-state index contributed by atoms with van der Waals surface area (Å²) in [7, 11) is 1.34. The molecule has 2 aromatic carbocycles. The highest BCUT2D eigenvalue weighted by molar-refractivity contribution is 5.85. The molecule has 1 heterocycles. The lowest BCUT2D eigenvalue weighted by Crippen LogP contribution is -2.33. The van der Waals surface area contributed by atoms with Gasteiger partial charge in [-0.25, -0.2) is 0 Å². The molecule has 5 heteroatoms. The van der Waals surface area contributed by atoms with Gasteiger partial charge in [-0.1, -0.05) is 30.3 Å². The van der Waals surface area contributed by atoms with Crippen LogP contribution in [0.4, 0.5) is 0 Å². The zero-order valence-electron chi connectivity index (χ0n) is 13.5. The third kappa shape index (κ3) is 3.58. The standard InChI is InChI=1S/C19H20N2O3/c1-23-19(22)17(20)9-14-11-21-18-10-15(7-8-16(14)18)24-12-13-5-3-2-4-6-13/h2-8,10-11,17,21H,9,12,20H2,1H3/t17-/m1/s1. The number of hydrogen-bond donors (Lipinski definition) is 2. The first-order chi connectivity index (χ1) is 11.7. The van der Waals surface area contributed by atoms with Gasteiger partial charge in [-0.05, 0) is 23.3 Å². The van der Waals surface area contributed by atoms with Crippen LogP contribution in [0.25, 0.3) is 10.9 Å². The Morgan fingerprint density at radius 1 is 1.21 bits per heavy atom. The van der Waals surface area contributed by atoms with Crippen LogP contribution in [0, 0.1) is 0 Å². The summed E-state index contributed by atoms with van der Waals surface area (Å²) in [5.41, 5.74) is 8.89. The molecule has 0 saturated heterocycles. The van der Waals surface area contributed by atoms with Crippen molar-refractivity contribution in [1.82, 2.24) is 4.98 Å². The van der Waals surface area contributed by atoms with Crippen molar-refractivity contribution in [2.24, 2.45) is 5.73 Å². The van der Waals surface area contributed by atoms with E-state index in [2.05, 4.69) is 9.72 Å². The minimum absolute atomic E-state index is 0.410. The average Bonchev–Trinajstić information content (AvgIpc) is 3.02. The van der Waals surface area contributed by atoms with Gasteiger partial charge in [0.25, 0.3) is 0 Å². The molecular weight excluding hydrogens is 304 g/mol. The summed E-state index contributed by atoms with van der Waals surface area (Å²) in [4.78, 5) is 14.7. The molecule has 5 nitrogen and oxygen atoms in total. The van der Waals surface area contributed by atoms with Crippen LogP contribution in [0.3, 0.4) is 0 Å². The van der Waals surface area contributed by atoms with Crippen LogP contribution < -0.4 is 10.5 Å². The number of aromatic amines is 1. The Morgan fingerprint density at radius 2 is 2.00 bits per heavy atom. The van der Waals surface area contributed by atoms with Crippen molar-refractivity contribution in [2.75, 3.05) is 7.11 Å². The molecule has 0 amide bonds. The minimum atomic E-state index is -0.664. The first kappa shape index (κ1) is 16.1. The van der Waals surface area contributed by atoms with Gasteiger partial charge in [0.15, 0.2) is 0 Å². The minimum Gasteiger partial charge on any atom is -0.489 e. The molecule has 0 fully saturated rings. The summed E-state index contributed by atoms with van der Waals surface area (Å²) < 4.78 is 10.5. The smallest absolute Gasteiger partial charge is 0.322 e. The van der Waals surface area contributed by atoms with Gasteiger partial charge in [0.2, 0.25) is 0 Å². The second-order valence-corrected chi connectivity index (χ2v) is 5.63. The molecule has 24 heavy (non-hydrogen) atoms. The number of rotatable bonds is 6. The number of methoxy groups -OCH3 is 1.